The Labute approximate surface area is 211 Å². The highest BCUT2D eigenvalue weighted by atomic mass is 32.2. The van der Waals surface area contributed by atoms with Crippen molar-refractivity contribution >= 4 is 27.6 Å². The van der Waals surface area contributed by atoms with Crippen LogP contribution in [0.1, 0.15) is 34.5 Å². The van der Waals surface area contributed by atoms with Crippen molar-refractivity contribution in [2.45, 2.75) is 18.6 Å². The minimum Gasteiger partial charge on any atom is -0.492 e. The third kappa shape index (κ3) is 5.31. The van der Waals surface area contributed by atoms with Gasteiger partial charge in [-0.25, -0.2) is 13.4 Å². The maximum absolute atomic E-state index is 13.0. The van der Waals surface area contributed by atoms with Gasteiger partial charge < -0.3 is 25.2 Å². The number of ether oxygens (including phenoxy) is 1. The maximum Gasteiger partial charge on any atom is 0.272 e. The zero-order chi connectivity index (χ0) is 25.3. The van der Waals surface area contributed by atoms with E-state index in [1.807, 2.05) is 17.0 Å². The summed E-state index contributed by atoms with van der Waals surface area (Å²) < 4.78 is 33.7. The zero-order valence-corrected chi connectivity index (χ0v) is 21.3. The summed E-state index contributed by atoms with van der Waals surface area (Å²) in [4.78, 5) is 24.0. The van der Waals surface area contributed by atoms with Gasteiger partial charge in [0, 0.05) is 45.2 Å². The van der Waals surface area contributed by atoms with Gasteiger partial charge in [-0.3, -0.25) is 4.79 Å². The number of amides is 1. The van der Waals surface area contributed by atoms with Crippen LogP contribution in [0.3, 0.4) is 0 Å². The molecule has 2 fully saturated rings. The fourth-order valence-electron chi connectivity index (χ4n) is 5.04. The molecule has 1 atom stereocenters. The van der Waals surface area contributed by atoms with Crippen molar-refractivity contribution in [1.82, 2.24) is 14.8 Å². The average molecular weight is 513 g/mol. The molecule has 3 aliphatic rings. The number of likely N-dealkylation sites (N-methyl/N-ethyl adjacent to an activating group) is 1. The summed E-state index contributed by atoms with van der Waals surface area (Å²) in [5, 5.41) is 0. The van der Waals surface area contributed by atoms with Gasteiger partial charge in [0.25, 0.3) is 15.9 Å². The van der Waals surface area contributed by atoms with Gasteiger partial charge in [0.1, 0.15) is 23.1 Å². The topological polar surface area (TPSA) is 121 Å². The normalized spacial score (nSPS) is 22.0. The fourth-order valence-corrected chi connectivity index (χ4v) is 6.13. The summed E-state index contributed by atoms with van der Waals surface area (Å²) in [7, 11) is -1.52. The summed E-state index contributed by atoms with van der Waals surface area (Å²) in [6.45, 7) is 5.27. The Kier molecular flexibility index (Phi) is 6.85. The number of aromatic nitrogens is 1. The molecule has 11 heteroatoms. The van der Waals surface area contributed by atoms with Crippen LogP contribution in [0.2, 0.25) is 0 Å². The second-order valence-electron chi connectivity index (χ2n) is 9.73. The summed E-state index contributed by atoms with van der Waals surface area (Å²) in [5.41, 5.74) is 7.63. The molecule has 2 saturated heterocycles. The molecule has 0 bridgehead atoms. The van der Waals surface area contributed by atoms with E-state index in [1.165, 1.54) is 0 Å². The number of carbonyl (C=O) groups excluding carboxylic acids is 1. The molecule has 1 amide bonds. The number of fused-ring (bicyclic) bond motifs is 1. The minimum absolute atomic E-state index is 0.0167. The van der Waals surface area contributed by atoms with Crippen molar-refractivity contribution in [2.75, 3.05) is 57.8 Å². The van der Waals surface area contributed by atoms with Crippen LogP contribution >= 0.6 is 0 Å². The van der Waals surface area contributed by atoms with Crippen LogP contribution in [0.5, 0.6) is 5.75 Å². The van der Waals surface area contributed by atoms with Gasteiger partial charge >= 0.3 is 0 Å². The van der Waals surface area contributed by atoms with Crippen molar-refractivity contribution in [1.29, 1.82) is 0 Å². The summed E-state index contributed by atoms with van der Waals surface area (Å²) in [6.07, 6.45) is 1.99. The van der Waals surface area contributed by atoms with Crippen molar-refractivity contribution in [3.63, 3.8) is 0 Å². The SMILES string of the molecule is CN1CCN(C(=O)c2cccc(N3CCC[C@H](COc4cccc5c4C(N)=NS(=O)(=O)C5)C3)n2)CC1. The highest BCUT2D eigenvalue weighted by Gasteiger charge is 2.27. The lowest BCUT2D eigenvalue weighted by atomic mass is 9.98. The lowest BCUT2D eigenvalue weighted by molar-refractivity contribution is 0.0658. The molecule has 10 nitrogen and oxygen atoms in total. The lowest BCUT2D eigenvalue weighted by Crippen LogP contribution is -2.47. The number of hydrogen-bond donors (Lipinski definition) is 1. The minimum atomic E-state index is -3.59. The first-order chi connectivity index (χ1) is 17.3. The van der Waals surface area contributed by atoms with Gasteiger partial charge in [-0.2, -0.15) is 0 Å². The first-order valence-corrected chi connectivity index (χ1v) is 13.9. The first-order valence-electron chi connectivity index (χ1n) is 12.3. The van der Waals surface area contributed by atoms with Crippen molar-refractivity contribution in [3.8, 4) is 5.75 Å². The second-order valence-corrected chi connectivity index (χ2v) is 11.4. The Bertz CT molecular complexity index is 1270. The molecular weight excluding hydrogens is 480 g/mol. The summed E-state index contributed by atoms with van der Waals surface area (Å²) in [6, 6.07) is 11.0. The van der Waals surface area contributed by atoms with Crippen LogP contribution in [0.25, 0.3) is 0 Å². The van der Waals surface area contributed by atoms with E-state index in [1.54, 1.807) is 24.3 Å². The predicted molar refractivity (Wildman–Crippen MR) is 138 cm³/mol. The van der Waals surface area contributed by atoms with Crippen molar-refractivity contribution < 1.29 is 17.9 Å². The number of sulfonamides is 1. The number of rotatable bonds is 5. The molecule has 5 rings (SSSR count). The van der Waals surface area contributed by atoms with Crippen LogP contribution in [0, 0.1) is 5.92 Å². The molecule has 36 heavy (non-hydrogen) atoms. The summed E-state index contributed by atoms with van der Waals surface area (Å²) >= 11 is 0. The van der Waals surface area contributed by atoms with Gasteiger partial charge in [-0.1, -0.05) is 18.2 Å². The molecule has 3 aliphatic heterocycles. The number of hydrogen-bond acceptors (Lipinski definition) is 8. The van der Waals surface area contributed by atoms with Gasteiger partial charge in [-0.15, -0.1) is 4.40 Å². The summed E-state index contributed by atoms with van der Waals surface area (Å²) in [5.74, 6) is 1.39. The van der Waals surface area contributed by atoms with Crippen molar-refractivity contribution in [3.05, 3.63) is 53.2 Å². The van der Waals surface area contributed by atoms with E-state index < -0.39 is 10.0 Å². The third-order valence-electron chi connectivity index (χ3n) is 7.01. The smallest absolute Gasteiger partial charge is 0.272 e. The first kappa shape index (κ1) is 24.5. The van der Waals surface area contributed by atoms with Crippen LogP contribution in [0.15, 0.2) is 40.8 Å². The molecule has 1 aromatic carbocycles. The molecule has 0 aliphatic carbocycles. The number of piperidine rings is 1. The van der Waals surface area contributed by atoms with Crippen LogP contribution in [-0.2, 0) is 15.8 Å². The van der Waals surface area contributed by atoms with Gasteiger partial charge in [0.15, 0.2) is 0 Å². The van der Waals surface area contributed by atoms with Gasteiger partial charge in [-0.05, 0) is 43.7 Å². The molecule has 4 heterocycles. The molecule has 2 N–H and O–H groups in total. The van der Waals surface area contributed by atoms with E-state index >= 15 is 0 Å². The number of amidine groups is 1. The highest BCUT2D eigenvalue weighted by Crippen LogP contribution is 2.29. The monoisotopic (exact) mass is 512 g/mol. The fraction of sp³-hybridized carbons (Fsp3) is 0.480. The van der Waals surface area contributed by atoms with E-state index in [4.69, 9.17) is 15.5 Å². The largest absolute Gasteiger partial charge is 0.492 e. The number of anilines is 1. The highest BCUT2D eigenvalue weighted by molar-refractivity contribution is 7.89. The predicted octanol–water partition coefficient (Wildman–Crippen LogP) is 1.31. The maximum atomic E-state index is 13.0. The Morgan fingerprint density at radius 3 is 2.69 bits per heavy atom. The third-order valence-corrected chi connectivity index (χ3v) is 8.16. The number of pyridine rings is 1. The number of carbonyl (C=O) groups is 1. The molecule has 1 aromatic heterocycles. The van der Waals surface area contributed by atoms with Crippen molar-refractivity contribution in [2.24, 2.45) is 16.0 Å². The van der Waals surface area contributed by atoms with Crippen LogP contribution in [0.4, 0.5) is 5.82 Å². The molecular formula is C25H32N6O4S. The Hall–Kier alpha value is -3.18. The Morgan fingerprint density at radius 1 is 1.11 bits per heavy atom. The van der Waals surface area contributed by atoms with E-state index in [2.05, 4.69) is 21.2 Å². The zero-order valence-electron chi connectivity index (χ0n) is 20.5. The van der Waals surface area contributed by atoms with E-state index in [0.717, 1.165) is 44.8 Å². The Balaban J connectivity index is 1.24. The molecule has 0 saturated carbocycles. The molecule has 192 valence electrons. The second kappa shape index (κ2) is 10.1. The molecule has 2 aromatic rings. The number of benzene rings is 1. The average Bonchev–Trinajstić information content (AvgIpc) is 2.87. The lowest BCUT2D eigenvalue weighted by Gasteiger charge is -2.34. The number of nitrogens with zero attached hydrogens (tertiary/aromatic N) is 5. The Morgan fingerprint density at radius 2 is 1.89 bits per heavy atom. The van der Waals surface area contributed by atoms with E-state index in [0.29, 0.717) is 42.3 Å². The van der Waals surface area contributed by atoms with Gasteiger partial charge in [0.2, 0.25) is 0 Å². The number of piperazine rings is 1. The number of nitrogens with two attached hydrogens (primary N) is 1. The van der Waals surface area contributed by atoms with Crippen LogP contribution < -0.4 is 15.4 Å². The van der Waals surface area contributed by atoms with E-state index in [9.17, 15) is 13.2 Å². The molecule has 0 unspecified atom stereocenters. The van der Waals surface area contributed by atoms with Crippen LogP contribution in [-0.4, -0.2) is 87.9 Å². The standard InChI is InChI=1S/C25H32N6O4S/c1-29-11-13-30(14-12-29)25(32)20-7-3-9-22(27-20)31-10-4-5-18(15-31)16-35-21-8-2-6-19-17-36(33,34)28-24(26)23(19)21/h2-3,6-9,18H,4-5,10-17H2,1H3,(H2,26,28)/t18-/m0/s1. The molecule has 0 radical (unpaired) electrons. The van der Waals surface area contributed by atoms with Gasteiger partial charge in [0.05, 0.1) is 17.9 Å². The quantitative estimate of drug-likeness (QED) is 0.637. The van der Waals surface area contributed by atoms with E-state index in [-0.39, 0.29) is 23.4 Å². The molecule has 0 spiro atoms.